The predicted octanol–water partition coefficient (Wildman–Crippen LogP) is 13.4. The maximum Gasteiger partial charge on any atom is 0.139 e. The van der Waals surface area contributed by atoms with Gasteiger partial charge in [0, 0.05) is 33.0 Å². The molecule has 3 unspecified atom stereocenters. The van der Waals surface area contributed by atoms with Gasteiger partial charge in [0.25, 0.3) is 0 Å². The molecule has 1 saturated carbocycles. The van der Waals surface area contributed by atoms with Crippen LogP contribution >= 0.6 is 0 Å². The van der Waals surface area contributed by atoms with Gasteiger partial charge in [-0.1, -0.05) is 97.1 Å². The van der Waals surface area contributed by atoms with Gasteiger partial charge in [-0.15, -0.1) is 6.58 Å². The highest BCUT2D eigenvalue weighted by atomic mass is 16.3. The lowest BCUT2D eigenvalue weighted by molar-refractivity contribution is 0.491. The fourth-order valence-electron chi connectivity index (χ4n) is 8.73. The predicted molar refractivity (Wildman–Crippen MR) is 208 cm³/mol. The number of hydrogen-bond donors (Lipinski definition) is 0. The van der Waals surface area contributed by atoms with Gasteiger partial charge in [-0.05, 0) is 125 Å². The molecule has 3 aliphatic carbocycles. The Morgan fingerprint density at radius 1 is 0.740 bits per heavy atom. The van der Waals surface area contributed by atoms with Crippen molar-refractivity contribution in [1.82, 2.24) is 0 Å². The average Bonchev–Trinajstić information content (AvgIpc) is 3.76. The van der Waals surface area contributed by atoms with Gasteiger partial charge in [0.15, 0.2) is 0 Å². The minimum atomic E-state index is -0.0796. The second-order valence-electron chi connectivity index (χ2n) is 14.6. The highest BCUT2D eigenvalue weighted by Crippen LogP contribution is 2.52. The van der Waals surface area contributed by atoms with Crippen LogP contribution in [-0.4, -0.2) is 0 Å². The molecular formula is C48H38O2. The number of benzene rings is 5. The van der Waals surface area contributed by atoms with Crippen LogP contribution in [0.3, 0.4) is 0 Å². The Hall–Kier alpha value is -5.60. The average molecular weight is 647 g/mol. The van der Waals surface area contributed by atoms with E-state index in [0.717, 1.165) is 69.1 Å². The van der Waals surface area contributed by atoms with Crippen molar-refractivity contribution in [3.05, 3.63) is 168 Å². The Balaban J connectivity index is 1.08. The van der Waals surface area contributed by atoms with Gasteiger partial charge in [0.2, 0.25) is 0 Å². The molecule has 7 aromatic rings. The molecule has 2 heteroatoms. The van der Waals surface area contributed by atoms with Gasteiger partial charge in [-0.2, -0.15) is 0 Å². The van der Waals surface area contributed by atoms with Crippen LogP contribution in [0.5, 0.6) is 0 Å². The van der Waals surface area contributed by atoms with Gasteiger partial charge in [-0.3, -0.25) is 0 Å². The zero-order valence-corrected chi connectivity index (χ0v) is 28.3. The second-order valence-corrected chi connectivity index (χ2v) is 14.6. The molecule has 2 heterocycles. The summed E-state index contributed by atoms with van der Waals surface area (Å²) in [6, 6.07) is 35.0. The highest BCUT2D eigenvalue weighted by molar-refractivity contribution is 6.16. The van der Waals surface area contributed by atoms with E-state index in [1.54, 1.807) is 0 Å². The van der Waals surface area contributed by atoms with Crippen molar-refractivity contribution in [1.29, 1.82) is 0 Å². The molecule has 3 aliphatic rings. The second kappa shape index (κ2) is 11.2. The topological polar surface area (TPSA) is 26.3 Å². The maximum atomic E-state index is 6.43. The minimum Gasteiger partial charge on any atom is -0.456 e. The van der Waals surface area contributed by atoms with E-state index in [1.807, 2.05) is 0 Å². The van der Waals surface area contributed by atoms with E-state index in [9.17, 15) is 0 Å². The van der Waals surface area contributed by atoms with E-state index in [0.29, 0.717) is 5.92 Å². The van der Waals surface area contributed by atoms with E-state index in [4.69, 9.17) is 8.83 Å². The van der Waals surface area contributed by atoms with E-state index in [1.165, 1.54) is 50.9 Å². The third kappa shape index (κ3) is 4.70. The quantitative estimate of drug-likeness (QED) is 0.161. The third-order valence-corrected chi connectivity index (χ3v) is 11.5. The van der Waals surface area contributed by atoms with Crippen molar-refractivity contribution in [2.24, 2.45) is 11.8 Å². The van der Waals surface area contributed by atoms with Crippen molar-refractivity contribution < 1.29 is 8.83 Å². The molecule has 10 rings (SSSR count). The molecule has 0 amide bonds. The van der Waals surface area contributed by atoms with Crippen LogP contribution in [0.4, 0.5) is 0 Å². The molecule has 2 aromatic heterocycles. The molecule has 3 atom stereocenters. The van der Waals surface area contributed by atoms with Gasteiger partial charge < -0.3 is 8.83 Å². The van der Waals surface area contributed by atoms with Crippen LogP contribution in [0.25, 0.3) is 66.1 Å². The van der Waals surface area contributed by atoms with E-state index < -0.39 is 0 Å². The van der Waals surface area contributed by atoms with Crippen molar-refractivity contribution >= 4 is 43.9 Å². The van der Waals surface area contributed by atoms with Crippen LogP contribution < -0.4 is 0 Å². The first-order valence-electron chi connectivity index (χ1n) is 18.0. The molecule has 0 spiro atoms. The van der Waals surface area contributed by atoms with Crippen LogP contribution in [0, 0.1) is 18.8 Å². The van der Waals surface area contributed by atoms with Crippen LogP contribution in [-0.2, 0) is 5.41 Å². The first kappa shape index (κ1) is 29.3. The summed E-state index contributed by atoms with van der Waals surface area (Å²) in [4.78, 5) is 0. The van der Waals surface area contributed by atoms with Crippen LogP contribution in [0.1, 0.15) is 36.8 Å². The first-order valence-corrected chi connectivity index (χ1v) is 18.0. The lowest BCUT2D eigenvalue weighted by Gasteiger charge is -2.36. The molecule has 1 fully saturated rings. The Morgan fingerprint density at radius 3 is 2.16 bits per heavy atom. The zero-order valence-electron chi connectivity index (χ0n) is 28.3. The smallest absolute Gasteiger partial charge is 0.139 e. The molecule has 5 aromatic carbocycles. The molecule has 50 heavy (non-hydrogen) atoms. The Labute approximate surface area is 292 Å². The molecule has 242 valence electrons. The summed E-state index contributed by atoms with van der Waals surface area (Å²) in [6.45, 7) is 6.38. The first-order chi connectivity index (χ1) is 24.6. The molecule has 2 nitrogen and oxygen atoms in total. The maximum absolute atomic E-state index is 6.43. The molecule has 0 bridgehead atoms. The summed E-state index contributed by atoms with van der Waals surface area (Å²) in [6.07, 6.45) is 20.7. The number of rotatable bonds is 7. The Bertz CT molecular complexity index is 2640. The van der Waals surface area contributed by atoms with Crippen LogP contribution in [0.15, 0.2) is 166 Å². The highest BCUT2D eigenvalue weighted by Gasteiger charge is 2.41. The number of furan rings is 2. The molecule has 0 radical (unpaired) electrons. The molecule has 0 aliphatic heterocycles. The molecule has 0 saturated heterocycles. The van der Waals surface area contributed by atoms with Gasteiger partial charge in [0.05, 0.1) is 0 Å². The van der Waals surface area contributed by atoms with Crippen LogP contribution in [0.2, 0.25) is 0 Å². The van der Waals surface area contributed by atoms with E-state index in [2.05, 4.69) is 153 Å². The monoisotopic (exact) mass is 646 g/mol. The summed E-state index contributed by atoms with van der Waals surface area (Å²) in [5, 5.41) is 4.45. The lowest BCUT2D eigenvalue weighted by Crippen LogP contribution is -2.27. The molecule has 0 N–H and O–H groups in total. The van der Waals surface area contributed by atoms with E-state index >= 15 is 0 Å². The normalized spacial score (nSPS) is 21.1. The van der Waals surface area contributed by atoms with Crippen molar-refractivity contribution in [2.75, 3.05) is 0 Å². The fraction of sp³-hybridized carbons (Fsp3) is 0.167. The van der Waals surface area contributed by atoms with E-state index in [-0.39, 0.29) is 5.41 Å². The number of hydrogen-bond acceptors (Lipinski definition) is 2. The number of fused-ring (bicyclic) bond motifs is 7. The Kier molecular flexibility index (Phi) is 6.58. The standard InChI is InChI=1S/C48H38O2/c1-3-4-21-48(22-9-13-36(29-48)37-14-8-12-35-25-38(35)37)43-26-34(16-15-30(43)2)33-18-20-45-40(24-33)42-27-41-39-23-32(31-10-6-5-7-11-31)17-19-44(39)49-46(41)28-47(42)50-45/h3,5-20,23-24,26-29,35,38H,1,4,21-22,25H2,2H3. The summed E-state index contributed by atoms with van der Waals surface area (Å²) in [5.74, 6) is 1.41. The number of aryl methyl sites for hydroxylation is 1. The zero-order chi connectivity index (χ0) is 33.4. The fourth-order valence-corrected chi connectivity index (χ4v) is 8.73. The minimum absolute atomic E-state index is 0.0796. The third-order valence-electron chi connectivity index (χ3n) is 11.5. The Morgan fingerprint density at radius 2 is 1.42 bits per heavy atom. The summed E-state index contributed by atoms with van der Waals surface area (Å²) in [5.41, 5.74) is 13.9. The van der Waals surface area contributed by atoms with Crippen molar-refractivity contribution in [3.8, 4) is 22.3 Å². The summed E-state index contributed by atoms with van der Waals surface area (Å²) < 4.78 is 12.8. The summed E-state index contributed by atoms with van der Waals surface area (Å²) in [7, 11) is 0. The number of allylic oxidation sites excluding steroid dienone is 9. The lowest BCUT2D eigenvalue weighted by atomic mass is 9.68. The van der Waals surface area contributed by atoms with Gasteiger partial charge in [0.1, 0.15) is 22.3 Å². The van der Waals surface area contributed by atoms with Crippen molar-refractivity contribution in [3.63, 3.8) is 0 Å². The van der Waals surface area contributed by atoms with Crippen molar-refractivity contribution in [2.45, 2.75) is 38.0 Å². The van der Waals surface area contributed by atoms with Gasteiger partial charge >= 0.3 is 0 Å². The summed E-state index contributed by atoms with van der Waals surface area (Å²) >= 11 is 0. The van der Waals surface area contributed by atoms with Gasteiger partial charge in [-0.25, -0.2) is 0 Å². The largest absolute Gasteiger partial charge is 0.456 e. The SMILES string of the molecule is C=CCCC1(c2cc(-c3ccc4oc5cc6oc7ccc(-c8ccccc8)cc7c6cc5c4c3)ccc2C)C=C(C2=CC=CC3CC23)C=CC1. The molecular weight excluding hydrogens is 609 g/mol.